The molecule has 1 aromatic carbocycles. The lowest BCUT2D eigenvalue weighted by Crippen LogP contribution is -2.51. The SMILES string of the molecule is O=C(CNC(=O)C1CNC1)Nc1ccc(-n2cccn2)cc1. The molecule has 7 heteroatoms. The van der Waals surface area contributed by atoms with Crippen molar-refractivity contribution in [3.8, 4) is 5.69 Å². The highest BCUT2D eigenvalue weighted by molar-refractivity contribution is 5.95. The molecule has 1 saturated heterocycles. The molecule has 1 aromatic heterocycles. The van der Waals surface area contributed by atoms with E-state index in [0.717, 1.165) is 5.69 Å². The van der Waals surface area contributed by atoms with Crippen LogP contribution >= 0.6 is 0 Å². The molecule has 0 spiro atoms. The van der Waals surface area contributed by atoms with Crippen molar-refractivity contribution in [2.45, 2.75) is 0 Å². The Hall–Kier alpha value is -2.67. The molecule has 1 fully saturated rings. The molecular formula is C15H17N5O2. The van der Waals surface area contributed by atoms with Crippen molar-refractivity contribution in [2.75, 3.05) is 25.0 Å². The van der Waals surface area contributed by atoms with E-state index in [-0.39, 0.29) is 24.3 Å². The molecule has 3 rings (SSSR count). The van der Waals surface area contributed by atoms with E-state index < -0.39 is 0 Å². The van der Waals surface area contributed by atoms with Crippen LogP contribution < -0.4 is 16.0 Å². The first-order valence-electron chi connectivity index (χ1n) is 7.11. The van der Waals surface area contributed by atoms with Crippen molar-refractivity contribution in [2.24, 2.45) is 5.92 Å². The lowest BCUT2D eigenvalue weighted by Gasteiger charge is -2.25. The van der Waals surface area contributed by atoms with Crippen molar-refractivity contribution < 1.29 is 9.59 Å². The van der Waals surface area contributed by atoms with E-state index in [9.17, 15) is 9.59 Å². The fourth-order valence-corrected chi connectivity index (χ4v) is 2.11. The van der Waals surface area contributed by atoms with Gasteiger partial charge >= 0.3 is 0 Å². The number of nitrogens with one attached hydrogen (secondary N) is 3. The van der Waals surface area contributed by atoms with Crippen LogP contribution in [0.5, 0.6) is 0 Å². The summed E-state index contributed by atoms with van der Waals surface area (Å²) in [6.07, 6.45) is 3.55. The molecule has 22 heavy (non-hydrogen) atoms. The maximum atomic E-state index is 11.8. The van der Waals surface area contributed by atoms with Gasteiger partial charge in [-0.3, -0.25) is 9.59 Å². The van der Waals surface area contributed by atoms with Gasteiger partial charge in [-0.15, -0.1) is 0 Å². The first-order valence-corrected chi connectivity index (χ1v) is 7.11. The summed E-state index contributed by atoms with van der Waals surface area (Å²) in [7, 11) is 0. The smallest absolute Gasteiger partial charge is 0.243 e. The number of anilines is 1. The molecule has 1 aliphatic heterocycles. The summed E-state index contributed by atoms with van der Waals surface area (Å²) in [6.45, 7) is 1.35. The first kappa shape index (κ1) is 14.3. The second kappa shape index (κ2) is 6.40. The van der Waals surface area contributed by atoms with Crippen molar-refractivity contribution in [3.63, 3.8) is 0 Å². The number of carbonyl (C=O) groups is 2. The molecule has 0 unspecified atom stereocenters. The van der Waals surface area contributed by atoms with Gasteiger partial charge in [-0.1, -0.05) is 0 Å². The Morgan fingerprint density at radius 2 is 2.05 bits per heavy atom. The van der Waals surface area contributed by atoms with Gasteiger partial charge in [0.15, 0.2) is 0 Å². The highest BCUT2D eigenvalue weighted by Gasteiger charge is 2.24. The minimum atomic E-state index is -0.243. The number of hydrogen-bond acceptors (Lipinski definition) is 4. The van der Waals surface area contributed by atoms with Gasteiger partial charge in [0.2, 0.25) is 11.8 Å². The number of carbonyl (C=O) groups excluding carboxylic acids is 2. The average Bonchev–Trinajstić information content (AvgIpc) is 2.98. The van der Waals surface area contributed by atoms with Gasteiger partial charge < -0.3 is 16.0 Å². The van der Waals surface area contributed by atoms with E-state index in [2.05, 4.69) is 21.0 Å². The highest BCUT2D eigenvalue weighted by atomic mass is 16.2. The summed E-state index contributed by atoms with van der Waals surface area (Å²) in [6, 6.07) is 9.16. The van der Waals surface area contributed by atoms with E-state index in [1.54, 1.807) is 23.0 Å². The largest absolute Gasteiger partial charge is 0.347 e. The maximum Gasteiger partial charge on any atom is 0.243 e. The van der Waals surface area contributed by atoms with Crippen LogP contribution in [0.3, 0.4) is 0 Å². The average molecular weight is 299 g/mol. The van der Waals surface area contributed by atoms with Gasteiger partial charge in [0.1, 0.15) is 0 Å². The van der Waals surface area contributed by atoms with Gasteiger partial charge in [-0.05, 0) is 30.3 Å². The number of nitrogens with zero attached hydrogens (tertiary/aromatic N) is 2. The summed E-state index contributed by atoms with van der Waals surface area (Å²) in [5, 5.41) is 12.5. The van der Waals surface area contributed by atoms with Gasteiger partial charge in [0.25, 0.3) is 0 Å². The number of aromatic nitrogens is 2. The third kappa shape index (κ3) is 3.32. The van der Waals surface area contributed by atoms with E-state index >= 15 is 0 Å². The van der Waals surface area contributed by atoms with Crippen LogP contribution in [0.25, 0.3) is 5.69 Å². The van der Waals surface area contributed by atoms with Crippen LogP contribution in [0.1, 0.15) is 0 Å². The second-order valence-electron chi connectivity index (χ2n) is 5.12. The van der Waals surface area contributed by atoms with Crippen molar-refractivity contribution in [1.29, 1.82) is 0 Å². The lowest BCUT2D eigenvalue weighted by atomic mass is 10.0. The van der Waals surface area contributed by atoms with Gasteiger partial charge in [-0.2, -0.15) is 5.10 Å². The molecule has 2 amide bonds. The minimum absolute atomic E-state index is 0.0128. The second-order valence-corrected chi connectivity index (χ2v) is 5.12. The van der Waals surface area contributed by atoms with Crippen LogP contribution in [0.15, 0.2) is 42.7 Å². The molecule has 0 atom stereocenters. The predicted octanol–water partition coefficient (Wildman–Crippen LogP) is 0.146. The number of amides is 2. The fourth-order valence-electron chi connectivity index (χ4n) is 2.11. The van der Waals surface area contributed by atoms with Crippen LogP contribution in [0.4, 0.5) is 5.69 Å². The Morgan fingerprint density at radius 1 is 1.27 bits per heavy atom. The Balaban J connectivity index is 1.49. The molecular weight excluding hydrogens is 282 g/mol. The molecule has 1 aliphatic rings. The monoisotopic (exact) mass is 299 g/mol. The molecule has 0 bridgehead atoms. The number of benzene rings is 1. The normalized spacial score (nSPS) is 14.2. The summed E-state index contributed by atoms with van der Waals surface area (Å²) in [5.74, 6) is -0.337. The maximum absolute atomic E-state index is 11.8. The summed E-state index contributed by atoms with van der Waals surface area (Å²) < 4.78 is 1.73. The van der Waals surface area contributed by atoms with Gasteiger partial charge in [-0.25, -0.2) is 4.68 Å². The van der Waals surface area contributed by atoms with Crippen molar-refractivity contribution >= 4 is 17.5 Å². The van der Waals surface area contributed by atoms with E-state index in [1.807, 2.05) is 24.4 Å². The molecule has 0 saturated carbocycles. The van der Waals surface area contributed by atoms with E-state index in [0.29, 0.717) is 18.8 Å². The van der Waals surface area contributed by atoms with Crippen molar-refractivity contribution in [3.05, 3.63) is 42.7 Å². The molecule has 0 radical (unpaired) electrons. The van der Waals surface area contributed by atoms with Crippen LogP contribution in [-0.2, 0) is 9.59 Å². The number of hydrogen-bond donors (Lipinski definition) is 3. The predicted molar refractivity (Wildman–Crippen MR) is 81.6 cm³/mol. The Bertz CT molecular complexity index is 647. The Kier molecular flexibility index (Phi) is 4.15. The van der Waals surface area contributed by atoms with Crippen LogP contribution in [0, 0.1) is 5.92 Å². The van der Waals surface area contributed by atoms with E-state index in [1.165, 1.54) is 0 Å². The van der Waals surface area contributed by atoms with Gasteiger partial charge in [0, 0.05) is 31.2 Å². The molecule has 2 aromatic rings. The Morgan fingerprint density at radius 3 is 2.64 bits per heavy atom. The minimum Gasteiger partial charge on any atom is -0.347 e. The van der Waals surface area contributed by atoms with E-state index in [4.69, 9.17) is 0 Å². The zero-order valence-corrected chi connectivity index (χ0v) is 12.0. The third-order valence-electron chi connectivity index (χ3n) is 3.50. The standard InChI is InChI=1S/C15H17N5O2/c21-14(10-17-15(22)11-8-16-9-11)19-12-2-4-13(5-3-12)20-7-1-6-18-20/h1-7,11,16H,8-10H2,(H,17,22)(H,19,21). The van der Waals surface area contributed by atoms with Crippen molar-refractivity contribution in [1.82, 2.24) is 20.4 Å². The van der Waals surface area contributed by atoms with Gasteiger partial charge in [0.05, 0.1) is 18.2 Å². The topological polar surface area (TPSA) is 88.0 Å². The zero-order valence-electron chi connectivity index (χ0n) is 12.0. The molecule has 114 valence electrons. The van der Waals surface area contributed by atoms with Crippen LogP contribution in [0.2, 0.25) is 0 Å². The highest BCUT2D eigenvalue weighted by Crippen LogP contribution is 2.12. The summed E-state index contributed by atoms with van der Waals surface area (Å²) in [4.78, 5) is 23.4. The summed E-state index contributed by atoms with van der Waals surface area (Å²) >= 11 is 0. The zero-order chi connectivity index (χ0) is 15.4. The fraction of sp³-hybridized carbons (Fsp3) is 0.267. The Labute approximate surface area is 127 Å². The third-order valence-corrected chi connectivity index (χ3v) is 3.50. The first-order chi connectivity index (χ1) is 10.7. The van der Waals surface area contributed by atoms with Crippen LogP contribution in [-0.4, -0.2) is 41.2 Å². The molecule has 0 aliphatic carbocycles. The molecule has 2 heterocycles. The summed E-state index contributed by atoms with van der Waals surface area (Å²) in [5.41, 5.74) is 1.59. The quantitative estimate of drug-likeness (QED) is 0.733. The molecule has 3 N–H and O–H groups in total. The molecule has 7 nitrogen and oxygen atoms in total. The lowest BCUT2D eigenvalue weighted by molar-refractivity contribution is -0.128. The number of rotatable bonds is 5.